The Morgan fingerprint density at radius 3 is 3.05 bits per heavy atom. The van der Waals surface area contributed by atoms with E-state index in [1.807, 2.05) is 17.4 Å². The van der Waals surface area contributed by atoms with Gasteiger partial charge in [-0.3, -0.25) is 0 Å². The maximum Gasteiger partial charge on any atom is 0.0525 e. The maximum atomic E-state index is 6.19. The highest BCUT2D eigenvalue weighted by molar-refractivity contribution is 7.10. The van der Waals surface area contributed by atoms with E-state index in [9.17, 15) is 0 Å². The summed E-state index contributed by atoms with van der Waals surface area (Å²) in [5.74, 6) is 0. The Morgan fingerprint density at radius 1 is 1.38 bits per heavy atom. The van der Waals surface area contributed by atoms with E-state index in [2.05, 4.69) is 47.6 Å². The molecule has 0 amide bonds. The molecular formula is C17H21ClN2S. The summed E-state index contributed by atoms with van der Waals surface area (Å²) in [5, 5.41) is 6.44. The number of thiophene rings is 1. The Hall–Kier alpha value is -1.03. The van der Waals surface area contributed by atoms with Crippen LogP contribution in [0.5, 0.6) is 0 Å². The van der Waals surface area contributed by atoms with E-state index in [1.54, 1.807) is 4.88 Å². The van der Waals surface area contributed by atoms with E-state index in [-0.39, 0.29) is 0 Å². The predicted octanol–water partition coefficient (Wildman–Crippen LogP) is 4.63. The fourth-order valence-electron chi connectivity index (χ4n) is 3.07. The molecule has 1 aliphatic heterocycles. The number of rotatable bonds is 4. The molecule has 0 saturated carbocycles. The largest absolute Gasteiger partial charge is 0.364 e. The van der Waals surface area contributed by atoms with Gasteiger partial charge in [-0.2, -0.15) is 0 Å². The lowest BCUT2D eigenvalue weighted by molar-refractivity contribution is 0.625. The monoisotopic (exact) mass is 320 g/mol. The van der Waals surface area contributed by atoms with Crippen LogP contribution in [0.2, 0.25) is 5.02 Å². The third kappa shape index (κ3) is 2.96. The van der Waals surface area contributed by atoms with E-state index < -0.39 is 0 Å². The van der Waals surface area contributed by atoms with Gasteiger partial charge in [0, 0.05) is 28.7 Å². The zero-order valence-electron chi connectivity index (χ0n) is 12.5. The van der Waals surface area contributed by atoms with Crippen molar-refractivity contribution in [3.05, 3.63) is 50.7 Å². The van der Waals surface area contributed by atoms with E-state index >= 15 is 0 Å². The molecule has 0 radical (unpaired) electrons. The van der Waals surface area contributed by atoms with Crippen molar-refractivity contribution < 1.29 is 0 Å². The van der Waals surface area contributed by atoms with Crippen LogP contribution in [-0.2, 0) is 13.0 Å². The lowest BCUT2D eigenvalue weighted by Gasteiger charge is -2.37. The predicted molar refractivity (Wildman–Crippen MR) is 92.6 cm³/mol. The minimum Gasteiger partial charge on any atom is -0.364 e. The normalized spacial score (nSPS) is 17.9. The summed E-state index contributed by atoms with van der Waals surface area (Å²) in [6.07, 6.45) is 1.14. The lowest BCUT2D eigenvalue weighted by atomic mass is 9.99. The van der Waals surface area contributed by atoms with E-state index in [4.69, 9.17) is 11.6 Å². The number of benzene rings is 1. The fourth-order valence-corrected chi connectivity index (χ4v) is 4.23. The molecule has 0 spiro atoms. The van der Waals surface area contributed by atoms with Gasteiger partial charge < -0.3 is 10.2 Å². The molecule has 0 aliphatic carbocycles. The van der Waals surface area contributed by atoms with Crippen molar-refractivity contribution in [1.82, 2.24) is 5.32 Å². The third-order valence-corrected chi connectivity index (χ3v) is 5.43. The van der Waals surface area contributed by atoms with Crippen LogP contribution in [0.3, 0.4) is 0 Å². The number of fused-ring (bicyclic) bond motifs is 1. The first kappa shape index (κ1) is 14.9. The average Bonchev–Trinajstić information content (AvgIpc) is 2.96. The van der Waals surface area contributed by atoms with Crippen LogP contribution >= 0.6 is 22.9 Å². The summed E-state index contributed by atoms with van der Waals surface area (Å²) in [4.78, 5) is 4.05. The standard InChI is InChI=1S/C17H21ClN2S/c1-3-19-11-13-10-14(18)4-5-16(13)20-8-6-17-15(12(20)2)7-9-21-17/h4-5,7,9-10,12,19H,3,6,8,11H2,1-2H3. The van der Waals surface area contributed by atoms with Gasteiger partial charge in [0.15, 0.2) is 0 Å². The van der Waals surface area contributed by atoms with Crippen molar-refractivity contribution in [2.45, 2.75) is 32.9 Å². The van der Waals surface area contributed by atoms with Crippen molar-refractivity contribution >= 4 is 28.6 Å². The quantitative estimate of drug-likeness (QED) is 0.883. The van der Waals surface area contributed by atoms with E-state index in [1.165, 1.54) is 16.8 Å². The van der Waals surface area contributed by atoms with Crippen molar-refractivity contribution in [2.75, 3.05) is 18.0 Å². The Kier molecular flexibility index (Phi) is 4.53. The fraction of sp³-hybridized carbons (Fsp3) is 0.412. The number of halogens is 1. The number of nitrogens with one attached hydrogen (secondary N) is 1. The number of nitrogens with zero attached hydrogens (tertiary/aromatic N) is 1. The van der Waals surface area contributed by atoms with Crippen LogP contribution in [0, 0.1) is 0 Å². The van der Waals surface area contributed by atoms with Crippen LogP contribution in [0.15, 0.2) is 29.6 Å². The molecule has 0 saturated heterocycles. The highest BCUT2D eigenvalue weighted by Gasteiger charge is 2.26. The third-order valence-electron chi connectivity index (χ3n) is 4.19. The SMILES string of the molecule is CCNCc1cc(Cl)ccc1N1CCc2sccc2C1C. The van der Waals surface area contributed by atoms with Crippen molar-refractivity contribution in [2.24, 2.45) is 0 Å². The van der Waals surface area contributed by atoms with Crippen LogP contribution in [0.1, 0.15) is 35.9 Å². The molecule has 21 heavy (non-hydrogen) atoms. The molecule has 4 heteroatoms. The average molecular weight is 321 g/mol. The van der Waals surface area contributed by atoms with Gasteiger partial charge in [-0.25, -0.2) is 0 Å². The molecule has 112 valence electrons. The van der Waals surface area contributed by atoms with Gasteiger partial charge in [0.05, 0.1) is 6.04 Å². The summed E-state index contributed by atoms with van der Waals surface area (Å²) in [6, 6.07) is 8.97. The summed E-state index contributed by atoms with van der Waals surface area (Å²) in [7, 11) is 0. The van der Waals surface area contributed by atoms with Crippen LogP contribution < -0.4 is 10.2 Å². The minimum absolute atomic E-state index is 0.432. The lowest BCUT2D eigenvalue weighted by Crippen LogP contribution is -2.34. The maximum absolute atomic E-state index is 6.19. The van der Waals surface area contributed by atoms with Gasteiger partial charge in [-0.15, -0.1) is 11.3 Å². The molecule has 1 unspecified atom stereocenters. The second-order valence-corrected chi connectivity index (χ2v) is 6.91. The van der Waals surface area contributed by atoms with Crippen LogP contribution in [0.25, 0.3) is 0 Å². The first-order chi connectivity index (χ1) is 10.2. The molecule has 1 atom stereocenters. The van der Waals surface area contributed by atoms with Crippen LogP contribution in [0.4, 0.5) is 5.69 Å². The Balaban J connectivity index is 1.93. The smallest absolute Gasteiger partial charge is 0.0525 e. The van der Waals surface area contributed by atoms with Gasteiger partial charge in [0.1, 0.15) is 0 Å². The van der Waals surface area contributed by atoms with E-state index in [0.29, 0.717) is 6.04 Å². The summed E-state index contributed by atoms with van der Waals surface area (Å²) in [6.45, 7) is 7.35. The summed E-state index contributed by atoms with van der Waals surface area (Å²) < 4.78 is 0. The van der Waals surface area contributed by atoms with Crippen molar-refractivity contribution in [3.8, 4) is 0 Å². The highest BCUT2D eigenvalue weighted by atomic mass is 35.5. The highest BCUT2D eigenvalue weighted by Crippen LogP contribution is 2.37. The van der Waals surface area contributed by atoms with Crippen LogP contribution in [-0.4, -0.2) is 13.1 Å². The van der Waals surface area contributed by atoms with Crippen molar-refractivity contribution in [1.29, 1.82) is 0 Å². The zero-order valence-corrected chi connectivity index (χ0v) is 14.1. The number of hydrogen-bond donors (Lipinski definition) is 1. The first-order valence-electron chi connectivity index (χ1n) is 7.52. The van der Waals surface area contributed by atoms with Gasteiger partial charge in [0.2, 0.25) is 0 Å². The molecule has 2 heterocycles. The molecule has 2 nitrogen and oxygen atoms in total. The molecule has 1 aromatic carbocycles. The molecule has 1 aromatic heterocycles. The second kappa shape index (κ2) is 6.39. The molecule has 3 rings (SSSR count). The summed E-state index contributed by atoms with van der Waals surface area (Å²) in [5.41, 5.74) is 4.08. The Morgan fingerprint density at radius 2 is 2.24 bits per heavy atom. The zero-order chi connectivity index (χ0) is 14.8. The molecule has 1 aliphatic rings. The number of anilines is 1. The van der Waals surface area contributed by atoms with Gasteiger partial charge in [-0.1, -0.05) is 18.5 Å². The Bertz CT molecular complexity index is 623. The first-order valence-corrected chi connectivity index (χ1v) is 8.78. The molecule has 2 aromatic rings. The topological polar surface area (TPSA) is 15.3 Å². The van der Waals surface area contributed by atoms with Crippen molar-refractivity contribution in [3.63, 3.8) is 0 Å². The molecular weight excluding hydrogens is 300 g/mol. The van der Waals surface area contributed by atoms with Gasteiger partial charge >= 0.3 is 0 Å². The Labute approximate surface area is 135 Å². The van der Waals surface area contributed by atoms with Gasteiger partial charge in [0.25, 0.3) is 0 Å². The van der Waals surface area contributed by atoms with E-state index in [0.717, 1.165) is 31.1 Å². The molecule has 1 N–H and O–H groups in total. The number of hydrogen-bond acceptors (Lipinski definition) is 3. The summed E-state index contributed by atoms with van der Waals surface area (Å²) >= 11 is 8.08. The molecule has 0 bridgehead atoms. The minimum atomic E-state index is 0.432. The second-order valence-electron chi connectivity index (χ2n) is 5.47. The van der Waals surface area contributed by atoms with Gasteiger partial charge in [-0.05, 0) is 60.7 Å². The molecule has 0 fully saturated rings.